The van der Waals surface area contributed by atoms with Gasteiger partial charge in [0.1, 0.15) is 18.4 Å². The Morgan fingerprint density at radius 2 is 2.17 bits per heavy atom. The summed E-state index contributed by atoms with van der Waals surface area (Å²) in [5.41, 5.74) is 4.79. The normalized spacial score (nSPS) is 18.3. The van der Waals surface area contributed by atoms with Crippen LogP contribution in [0.25, 0.3) is 16.5 Å². The van der Waals surface area contributed by atoms with Gasteiger partial charge < -0.3 is 19.7 Å². The van der Waals surface area contributed by atoms with Gasteiger partial charge in [-0.3, -0.25) is 9.69 Å². The Labute approximate surface area is 172 Å². The predicted molar refractivity (Wildman–Crippen MR) is 113 cm³/mol. The van der Waals surface area contributed by atoms with Crippen LogP contribution in [0.3, 0.4) is 0 Å². The predicted octanol–water partition coefficient (Wildman–Crippen LogP) is 1.44. The molecule has 3 heterocycles. The van der Waals surface area contributed by atoms with Gasteiger partial charge in [-0.25, -0.2) is 0 Å². The van der Waals surface area contributed by atoms with Crippen LogP contribution < -0.4 is 5.32 Å². The van der Waals surface area contributed by atoms with Gasteiger partial charge in [-0.05, 0) is 29.7 Å². The van der Waals surface area contributed by atoms with Crippen LogP contribution in [0.4, 0.5) is 0 Å². The van der Waals surface area contributed by atoms with Crippen molar-refractivity contribution in [2.24, 2.45) is 5.92 Å². The maximum absolute atomic E-state index is 12.2. The van der Waals surface area contributed by atoms with E-state index in [0.717, 1.165) is 38.2 Å². The van der Waals surface area contributed by atoms with Crippen molar-refractivity contribution >= 4 is 22.4 Å². The number of quaternary nitrogens is 1. The fourth-order valence-corrected chi connectivity index (χ4v) is 4.08. The van der Waals surface area contributed by atoms with E-state index in [1.165, 1.54) is 22.1 Å². The number of fused-ring (bicyclic) bond motifs is 1. The number of hydrogen-bond donors (Lipinski definition) is 2. The van der Waals surface area contributed by atoms with Crippen LogP contribution in [0.2, 0.25) is 0 Å². The second-order valence-corrected chi connectivity index (χ2v) is 8.76. The topological polar surface area (TPSA) is 73.5 Å². The lowest BCUT2D eigenvalue weighted by Crippen LogP contribution is -2.83. The summed E-state index contributed by atoms with van der Waals surface area (Å²) < 4.78 is 5.75. The molecule has 1 amide bonds. The number of amides is 1. The van der Waals surface area contributed by atoms with Crippen LogP contribution in [0.5, 0.6) is 0 Å². The second-order valence-electron chi connectivity index (χ2n) is 8.76. The highest BCUT2D eigenvalue weighted by Gasteiger charge is 2.29. The van der Waals surface area contributed by atoms with E-state index in [-0.39, 0.29) is 12.0 Å². The number of carbonyl (C=O) groups is 1. The minimum atomic E-state index is -0.336. The first-order chi connectivity index (χ1) is 14.0. The molecule has 0 saturated carbocycles. The molecule has 0 atom stereocenters. The Morgan fingerprint density at radius 1 is 1.34 bits per heavy atom. The van der Waals surface area contributed by atoms with Crippen molar-refractivity contribution in [3.05, 3.63) is 41.7 Å². The molecule has 29 heavy (non-hydrogen) atoms. The molecular formula is C23H32N3O3+. The molecule has 1 aromatic carbocycles. The van der Waals surface area contributed by atoms with E-state index in [0.29, 0.717) is 25.6 Å². The van der Waals surface area contributed by atoms with Crippen molar-refractivity contribution in [3.63, 3.8) is 0 Å². The van der Waals surface area contributed by atoms with Gasteiger partial charge in [0.25, 0.3) is 0 Å². The zero-order valence-corrected chi connectivity index (χ0v) is 17.4. The Balaban J connectivity index is 1.39. The number of benzene rings is 1. The van der Waals surface area contributed by atoms with Crippen LogP contribution in [0.15, 0.2) is 35.0 Å². The molecule has 0 aliphatic carbocycles. The van der Waals surface area contributed by atoms with Gasteiger partial charge in [0, 0.05) is 37.5 Å². The average molecular weight is 399 g/mol. The van der Waals surface area contributed by atoms with E-state index in [1.54, 1.807) is 4.90 Å². The highest BCUT2D eigenvalue weighted by atomic mass is 16.3. The van der Waals surface area contributed by atoms with Crippen molar-refractivity contribution in [2.45, 2.75) is 32.9 Å². The van der Waals surface area contributed by atoms with Crippen LogP contribution >= 0.6 is 0 Å². The van der Waals surface area contributed by atoms with Gasteiger partial charge in [0.05, 0.1) is 24.8 Å². The Morgan fingerprint density at radius 3 is 2.86 bits per heavy atom. The molecule has 1 saturated heterocycles. The van der Waals surface area contributed by atoms with Gasteiger partial charge in [0.15, 0.2) is 0 Å². The largest absolute Gasteiger partial charge is 0.464 e. The molecule has 0 spiro atoms. The Bertz CT molecular complexity index is 896. The highest BCUT2D eigenvalue weighted by Crippen LogP contribution is 2.28. The maximum Gasteiger partial charge on any atom is 0.236 e. The van der Waals surface area contributed by atoms with Crippen molar-refractivity contribution in [3.8, 4) is 0 Å². The molecule has 6 nitrogen and oxygen atoms in total. The third kappa shape index (κ3) is 4.71. The first-order valence-electron chi connectivity index (χ1n) is 10.7. The standard InChI is InChI=1S/C23H31N3O3/c1-16(2)10-24-11-19-15-29-22-4-3-18(9-21(19)22)17-5-7-25(8-6-17)14-23(28)26-12-20(27)13-26/h3-5,9,15-16,20,24,27H,6-8,10-14H2,1-2H3/p+1. The summed E-state index contributed by atoms with van der Waals surface area (Å²) in [5.74, 6) is 0.798. The van der Waals surface area contributed by atoms with Crippen LogP contribution in [-0.2, 0) is 11.3 Å². The molecule has 3 N–H and O–H groups in total. The number of aliphatic hydroxyl groups excluding tert-OH is 1. The summed E-state index contributed by atoms with van der Waals surface area (Å²) in [6.45, 7) is 9.60. The quantitative estimate of drug-likeness (QED) is 0.740. The van der Waals surface area contributed by atoms with Crippen molar-refractivity contribution in [1.82, 2.24) is 9.80 Å². The van der Waals surface area contributed by atoms with E-state index in [1.807, 2.05) is 6.26 Å². The van der Waals surface area contributed by atoms with E-state index in [2.05, 4.69) is 48.3 Å². The van der Waals surface area contributed by atoms with Crippen molar-refractivity contribution in [1.29, 1.82) is 0 Å². The number of nitrogens with zero attached hydrogens (tertiary/aromatic N) is 2. The van der Waals surface area contributed by atoms with E-state index >= 15 is 0 Å². The molecule has 1 aromatic heterocycles. The Hall–Kier alpha value is -2.15. The lowest BCUT2D eigenvalue weighted by Gasteiger charge is -2.37. The molecule has 2 aliphatic rings. The number of likely N-dealkylation sites (tertiary alicyclic amines) is 1. The molecule has 0 unspecified atom stereocenters. The molecule has 156 valence electrons. The molecule has 2 aliphatic heterocycles. The van der Waals surface area contributed by atoms with Crippen molar-refractivity contribution in [2.75, 3.05) is 39.3 Å². The van der Waals surface area contributed by atoms with Crippen LogP contribution in [-0.4, -0.2) is 66.2 Å². The summed E-state index contributed by atoms with van der Waals surface area (Å²) in [5, 5.41) is 12.9. The number of aliphatic hydroxyl groups is 1. The fraction of sp³-hybridized carbons (Fsp3) is 0.522. The smallest absolute Gasteiger partial charge is 0.236 e. The van der Waals surface area contributed by atoms with E-state index in [4.69, 9.17) is 4.42 Å². The minimum absolute atomic E-state index is 0.120. The van der Waals surface area contributed by atoms with Gasteiger partial charge in [-0.2, -0.15) is 0 Å². The summed E-state index contributed by atoms with van der Waals surface area (Å²) in [4.78, 5) is 16.1. The highest BCUT2D eigenvalue weighted by molar-refractivity contribution is 5.85. The van der Waals surface area contributed by atoms with E-state index in [9.17, 15) is 9.90 Å². The SMILES string of the molecule is CC(C)C[NH2+]Cc1coc2ccc(C3=CCN(CC(=O)N4CC(O)C4)CC3)cc12. The summed E-state index contributed by atoms with van der Waals surface area (Å²) in [6.07, 6.45) is 4.74. The summed E-state index contributed by atoms with van der Waals surface area (Å²) in [6, 6.07) is 6.47. The second kappa shape index (κ2) is 8.69. The molecule has 1 fully saturated rings. The lowest BCUT2D eigenvalue weighted by molar-refractivity contribution is -0.675. The number of rotatable bonds is 7. The van der Waals surface area contributed by atoms with Crippen LogP contribution in [0, 0.1) is 5.92 Å². The first kappa shape index (κ1) is 20.1. The van der Waals surface area contributed by atoms with Gasteiger partial charge >= 0.3 is 0 Å². The van der Waals surface area contributed by atoms with Crippen LogP contribution in [0.1, 0.15) is 31.4 Å². The number of carbonyl (C=O) groups excluding carboxylic acids is 1. The van der Waals surface area contributed by atoms with E-state index < -0.39 is 0 Å². The molecule has 2 aromatic rings. The summed E-state index contributed by atoms with van der Waals surface area (Å²) in [7, 11) is 0. The zero-order chi connectivity index (χ0) is 20.4. The minimum Gasteiger partial charge on any atom is -0.464 e. The first-order valence-corrected chi connectivity index (χ1v) is 10.7. The lowest BCUT2D eigenvalue weighted by atomic mass is 9.97. The number of hydrogen-bond acceptors (Lipinski definition) is 4. The van der Waals surface area contributed by atoms with Gasteiger partial charge in [-0.1, -0.05) is 26.0 Å². The molecule has 0 bridgehead atoms. The van der Waals surface area contributed by atoms with Crippen molar-refractivity contribution < 1.29 is 19.6 Å². The fourth-order valence-electron chi connectivity index (χ4n) is 4.08. The Kier molecular flexibility index (Phi) is 6.04. The number of β-amino-alcohol motifs (C(OH)–C–C–N with tert-alkyl or cyclic N) is 1. The van der Waals surface area contributed by atoms with Gasteiger partial charge in [0.2, 0.25) is 5.91 Å². The molecule has 6 heteroatoms. The number of nitrogens with two attached hydrogens (primary N) is 1. The summed E-state index contributed by atoms with van der Waals surface area (Å²) >= 11 is 0. The third-order valence-corrected chi connectivity index (χ3v) is 5.89. The zero-order valence-electron chi connectivity index (χ0n) is 17.4. The molecule has 0 radical (unpaired) electrons. The number of furan rings is 1. The molecule has 4 rings (SSSR count). The monoisotopic (exact) mass is 398 g/mol. The van der Waals surface area contributed by atoms with Gasteiger partial charge in [-0.15, -0.1) is 0 Å². The average Bonchev–Trinajstić information content (AvgIpc) is 3.08. The third-order valence-electron chi connectivity index (χ3n) is 5.89. The molecular weight excluding hydrogens is 366 g/mol. The maximum atomic E-state index is 12.2.